The second-order valence-electron chi connectivity index (χ2n) is 5.94. The predicted octanol–water partition coefficient (Wildman–Crippen LogP) is 1.38. The van der Waals surface area contributed by atoms with E-state index in [4.69, 9.17) is 0 Å². The number of anilines is 1. The van der Waals surface area contributed by atoms with Gasteiger partial charge in [-0.2, -0.15) is 0 Å². The molecule has 0 radical (unpaired) electrons. The fourth-order valence-electron chi connectivity index (χ4n) is 2.80. The second kappa shape index (κ2) is 6.45. The third-order valence-electron chi connectivity index (χ3n) is 4.20. The van der Waals surface area contributed by atoms with E-state index < -0.39 is 5.91 Å². The summed E-state index contributed by atoms with van der Waals surface area (Å²) in [6.45, 7) is 0. The van der Waals surface area contributed by atoms with Crippen LogP contribution in [-0.2, 0) is 14.1 Å². The molecule has 0 saturated carbocycles. The van der Waals surface area contributed by atoms with Gasteiger partial charge >= 0.3 is 0 Å². The number of hydrogen-bond donors (Lipinski definition) is 1. The molecule has 0 atom stereocenters. The van der Waals surface area contributed by atoms with Gasteiger partial charge < -0.3 is 9.88 Å². The minimum atomic E-state index is -0.430. The zero-order valence-corrected chi connectivity index (χ0v) is 14.6. The normalized spacial score (nSPS) is 10.9. The molecule has 27 heavy (non-hydrogen) atoms. The Morgan fingerprint density at radius 1 is 1.11 bits per heavy atom. The molecule has 0 aliphatic heterocycles. The van der Waals surface area contributed by atoms with Crippen LogP contribution in [0.4, 0.5) is 5.69 Å². The summed E-state index contributed by atoms with van der Waals surface area (Å²) < 4.78 is 3.24. The molecule has 9 heteroatoms. The van der Waals surface area contributed by atoms with Gasteiger partial charge in [-0.1, -0.05) is 6.07 Å². The van der Waals surface area contributed by atoms with Crippen LogP contribution >= 0.6 is 0 Å². The fourth-order valence-corrected chi connectivity index (χ4v) is 2.80. The summed E-state index contributed by atoms with van der Waals surface area (Å²) in [5.74, 6) is 0.0221. The Balaban J connectivity index is 1.87. The van der Waals surface area contributed by atoms with E-state index in [9.17, 15) is 9.59 Å². The molecule has 9 nitrogen and oxygen atoms in total. The van der Waals surface area contributed by atoms with Gasteiger partial charge in [-0.25, -0.2) is 15.0 Å². The van der Waals surface area contributed by atoms with Crippen LogP contribution in [-0.4, -0.2) is 35.0 Å². The van der Waals surface area contributed by atoms with Crippen LogP contribution < -0.4 is 10.9 Å². The molecule has 4 aromatic rings. The number of carbonyl (C=O) groups excluding carboxylic acids is 1. The summed E-state index contributed by atoms with van der Waals surface area (Å²) in [5.41, 5.74) is 1.46. The van der Waals surface area contributed by atoms with E-state index in [2.05, 4.69) is 25.3 Å². The van der Waals surface area contributed by atoms with Gasteiger partial charge in [0.15, 0.2) is 5.82 Å². The van der Waals surface area contributed by atoms with Gasteiger partial charge in [0.1, 0.15) is 16.9 Å². The lowest BCUT2D eigenvalue weighted by molar-refractivity contribution is 0.102. The van der Waals surface area contributed by atoms with E-state index in [1.807, 2.05) is 7.05 Å². The van der Waals surface area contributed by atoms with E-state index in [0.29, 0.717) is 28.1 Å². The van der Waals surface area contributed by atoms with Crippen LogP contribution in [0, 0.1) is 0 Å². The number of nitrogens with one attached hydrogen (secondary N) is 1. The number of rotatable bonds is 3. The van der Waals surface area contributed by atoms with Crippen LogP contribution in [0.2, 0.25) is 0 Å². The van der Waals surface area contributed by atoms with Crippen molar-refractivity contribution in [2.45, 2.75) is 0 Å². The summed E-state index contributed by atoms with van der Waals surface area (Å²) in [6, 6.07) is 5.06. The molecule has 4 rings (SSSR count). The van der Waals surface area contributed by atoms with E-state index in [0.717, 1.165) is 0 Å². The molecule has 0 unspecified atom stereocenters. The zero-order valence-electron chi connectivity index (χ0n) is 14.6. The number of nitrogens with zero attached hydrogens (tertiary/aromatic N) is 6. The molecule has 0 spiro atoms. The number of aromatic nitrogens is 6. The predicted molar refractivity (Wildman–Crippen MR) is 99.2 cm³/mol. The largest absolute Gasteiger partial charge is 0.331 e. The Hall–Kier alpha value is -3.88. The van der Waals surface area contributed by atoms with Crippen molar-refractivity contribution in [2.24, 2.45) is 14.1 Å². The number of para-hydroxylation sites is 1. The third kappa shape index (κ3) is 2.84. The molecule has 1 amide bonds. The van der Waals surface area contributed by atoms with Gasteiger partial charge in [0, 0.05) is 26.5 Å². The van der Waals surface area contributed by atoms with E-state index in [1.54, 1.807) is 42.3 Å². The number of hydrogen-bond acceptors (Lipinski definition) is 6. The SMILES string of the molecule is Cn1cncc1-c1nc2c(NC(=O)c3cnccn3)cccc2c(=O)n1C. The van der Waals surface area contributed by atoms with Gasteiger partial charge in [-0.15, -0.1) is 0 Å². The number of benzene rings is 1. The second-order valence-corrected chi connectivity index (χ2v) is 5.94. The number of fused-ring (bicyclic) bond motifs is 1. The Labute approximate surface area is 153 Å². The highest BCUT2D eigenvalue weighted by molar-refractivity contribution is 6.07. The van der Waals surface area contributed by atoms with Crippen molar-refractivity contribution in [1.29, 1.82) is 0 Å². The number of carbonyl (C=O) groups is 1. The summed E-state index contributed by atoms with van der Waals surface area (Å²) in [6.07, 6.45) is 7.56. The highest BCUT2D eigenvalue weighted by atomic mass is 16.2. The highest BCUT2D eigenvalue weighted by Crippen LogP contribution is 2.23. The maximum absolute atomic E-state index is 12.8. The minimum Gasteiger partial charge on any atom is -0.331 e. The van der Waals surface area contributed by atoms with Crippen molar-refractivity contribution in [2.75, 3.05) is 5.32 Å². The summed E-state index contributed by atoms with van der Waals surface area (Å²) in [7, 11) is 3.47. The average molecular weight is 361 g/mol. The van der Waals surface area contributed by atoms with E-state index >= 15 is 0 Å². The first-order valence-electron chi connectivity index (χ1n) is 8.10. The number of imidazole rings is 1. The van der Waals surface area contributed by atoms with E-state index in [-0.39, 0.29) is 11.3 Å². The molecule has 3 aromatic heterocycles. The van der Waals surface area contributed by atoms with Gasteiger partial charge in [0.05, 0.1) is 29.8 Å². The monoisotopic (exact) mass is 361 g/mol. The summed E-state index contributed by atoms with van der Waals surface area (Å²) in [4.78, 5) is 41.9. The lowest BCUT2D eigenvalue weighted by atomic mass is 10.2. The molecule has 0 aliphatic rings. The first-order valence-corrected chi connectivity index (χ1v) is 8.10. The quantitative estimate of drug-likeness (QED) is 0.591. The van der Waals surface area contributed by atoms with Gasteiger partial charge in [-0.05, 0) is 12.1 Å². The molecular weight excluding hydrogens is 346 g/mol. The molecule has 0 bridgehead atoms. The van der Waals surface area contributed by atoms with Crippen molar-refractivity contribution >= 4 is 22.5 Å². The van der Waals surface area contributed by atoms with Gasteiger partial charge in [-0.3, -0.25) is 19.1 Å². The highest BCUT2D eigenvalue weighted by Gasteiger charge is 2.16. The van der Waals surface area contributed by atoms with Crippen LogP contribution in [0.25, 0.3) is 22.4 Å². The summed E-state index contributed by atoms with van der Waals surface area (Å²) in [5, 5.41) is 3.16. The Morgan fingerprint density at radius 2 is 1.96 bits per heavy atom. The minimum absolute atomic E-state index is 0.171. The van der Waals surface area contributed by atoms with Gasteiger partial charge in [0.25, 0.3) is 11.5 Å². The van der Waals surface area contributed by atoms with Crippen molar-refractivity contribution in [3.8, 4) is 11.5 Å². The van der Waals surface area contributed by atoms with Crippen molar-refractivity contribution in [3.63, 3.8) is 0 Å². The van der Waals surface area contributed by atoms with E-state index in [1.165, 1.54) is 23.2 Å². The molecule has 3 heterocycles. The average Bonchev–Trinajstić information content (AvgIpc) is 3.11. The molecule has 0 fully saturated rings. The third-order valence-corrected chi connectivity index (χ3v) is 4.20. The number of amides is 1. The molecule has 0 saturated heterocycles. The fraction of sp³-hybridized carbons (Fsp3) is 0.111. The maximum Gasteiger partial charge on any atom is 0.275 e. The Bertz CT molecular complexity index is 1210. The Kier molecular flexibility index (Phi) is 3.96. The molecule has 0 aliphatic carbocycles. The first-order chi connectivity index (χ1) is 13.1. The Morgan fingerprint density at radius 3 is 2.67 bits per heavy atom. The zero-order chi connectivity index (χ0) is 19.0. The van der Waals surface area contributed by atoms with Crippen molar-refractivity contribution in [3.05, 3.63) is 65.4 Å². The lowest BCUT2D eigenvalue weighted by Gasteiger charge is -2.12. The molecule has 1 N–H and O–H groups in total. The first kappa shape index (κ1) is 16.6. The standard InChI is InChI=1S/C18H15N7O2/c1-24-10-20-9-14(24)16-23-15-11(18(27)25(16)2)4-3-5-12(15)22-17(26)13-8-19-6-7-21-13/h3-10H,1-2H3,(H,22,26). The van der Waals surface area contributed by atoms with Gasteiger partial charge in [0.2, 0.25) is 0 Å². The summed E-state index contributed by atoms with van der Waals surface area (Å²) >= 11 is 0. The molecular formula is C18H15N7O2. The van der Waals surface area contributed by atoms with Crippen molar-refractivity contribution < 1.29 is 4.79 Å². The number of aryl methyl sites for hydroxylation is 1. The topological polar surface area (TPSA) is 108 Å². The molecule has 1 aromatic carbocycles. The van der Waals surface area contributed by atoms with Crippen LogP contribution in [0.3, 0.4) is 0 Å². The molecule has 134 valence electrons. The lowest BCUT2D eigenvalue weighted by Crippen LogP contribution is -2.22. The smallest absolute Gasteiger partial charge is 0.275 e. The van der Waals surface area contributed by atoms with Crippen molar-refractivity contribution in [1.82, 2.24) is 29.1 Å². The van der Waals surface area contributed by atoms with Crippen LogP contribution in [0.5, 0.6) is 0 Å². The van der Waals surface area contributed by atoms with Crippen LogP contribution in [0.1, 0.15) is 10.5 Å². The maximum atomic E-state index is 12.8. The van der Waals surface area contributed by atoms with Crippen LogP contribution in [0.15, 0.2) is 54.1 Å².